The number of ether oxygens (including phenoxy) is 1. The van der Waals surface area contributed by atoms with Crippen LogP contribution in [0.1, 0.15) is 11.1 Å². The Morgan fingerprint density at radius 3 is 2.25 bits per heavy atom. The molecule has 0 aliphatic carbocycles. The predicted octanol–water partition coefficient (Wildman–Crippen LogP) is 3.10. The highest BCUT2D eigenvalue weighted by Crippen LogP contribution is 2.12. The van der Waals surface area contributed by atoms with Crippen LogP contribution in [0.5, 0.6) is 5.75 Å². The molecular weight excluding hydrogens is 250 g/mol. The minimum Gasteiger partial charge on any atom is -0.497 e. The number of hydrogen-bond donors (Lipinski definition) is 0. The highest BCUT2D eigenvalue weighted by molar-refractivity contribution is 6.13. The molecule has 0 saturated carbocycles. The number of nitrogens with zero attached hydrogens (tertiary/aromatic N) is 1. The van der Waals surface area contributed by atoms with Crippen LogP contribution in [0.3, 0.4) is 0 Å². The van der Waals surface area contributed by atoms with Gasteiger partial charge in [-0.05, 0) is 42.3 Å². The molecule has 2 aromatic carbocycles. The zero-order valence-corrected chi connectivity index (χ0v) is 11.5. The molecule has 0 aliphatic heterocycles. The van der Waals surface area contributed by atoms with Gasteiger partial charge in [-0.15, -0.1) is 0 Å². The van der Waals surface area contributed by atoms with Gasteiger partial charge in [0.15, 0.2) is 5.71 Å². The Bertz CT molecular complexity index is 634. The third-order valence-corrected chi connectivity index (χ3v) is 2.65. The van der Waals surface area contributed by atoms with Crippen molar-refractivity contribution in [3.63, 3.8) is 0 Å². The summed E-state index contributed by atoms with van der Waals surface area (Å²) in [5, 5.41) is 3.97. The van der Waals surface area contributed by atoms with Crippen molar-refractivity contribution in [1.29, 1.82) is 0 Å². The van der Waals surface area contributed by atoms with Gasteiger partial charge in [0.25, 0.3) is 0 Å². The molecule has 0 N–H and O–H groups in total. The normalized spacial score (nSPS) is 10.4. The van der Waals surface area contributed by atoms with Crippen molar-refractivity contribution in [2.24, 2.45) is 5.16 Å². The SMILES string of the molecule is CO/N=C(\C#Cc1ccccc1)c1ccc(OC)cc1. The van der Waals surface area contributed by atoms with Crippen LogP contribution in [0.4, 0.5) is 0 Å². The maximum atomic E-state index is 5.13. The van der Waals surface area contributed by atoms with Gasteiger partial charge in [0.05, 0.1) is 7.11 Å². The third kappa shape index (κ3) is 3.63. The van der Waals surface area contributed by atoms with E-state index in [2.05, 4.69) is 17.0 Å². The average molecular weight is 265 g/mol. The van der Waals surface area contributed by atoms with Gasteiger partial charge in [0, 0.05) is 11.1 Å². The van der Waals surface area contributed by atoms with E-state index >= 15 is 0 Å². The molecule has 0 amide bonds. The van der Waals surface area contributed by atoms with Crippen LogP contribution in [-0.4, -0.2) is 19.9 Å². The molecule has 100 valence electrons. The molecule has 0 aliphatic rings. The van der Waals surface area contributed by atoms with E-state index in [9.17, 15) is 0 Å². The molecule has 3 heteroatoms. The van der Waals surface area contributed by atoms with Gasteiger partial charge in [-0.1, -0.05) is 29.3 Å². The Hall–Kier alpha value is -2.73. The molecule has 0 unspecified atom stereocenters. The van der Waals surface area contributed by atoms with Gasteiger partial charge in [0.1, 0.15) is 12.9 Å². The standard InChI is InChI=1S/C17H15NO2/c1-19-16-11-9-15(10-12-16)17(18-20-2)13-8-14-6-4-3-5-7-14/h3-7,9-12H,1-2H3/b18-17+. The first-order valence-corrected chi connectivity index (χ1v) is 6.16. The Morgan fingerprint density at radius 1 is 0.950 bits per heavy atom. The van der Waals surface area contributed by atoms with Gasteiger partial charge >= 0.3 is 0 Å². The second-order valence-corrected chi connectivity index (χ2v) is 3.97. The summed E-state index contributed by atoms with van der Waals surface area (Å²) in [5.41, 5.74) is 2.40. The van der Waals surface area contributed by atoms with Crippen LogP contribution in [-0.2, 0) is 4.84 Å². The van der Waals surface area contributed by atoms with E-state index in [0.717, 1.165) is 16.9 Å². The average Bonchev–Trinajstić information content (AvgIpc) is 2.52. The molecular formula is C17H15NO2. The third-order valence-electron chi connectivity index (χ3n) is 2.65. The maximum Gasteiger partial charge on any atom is 0.160 e. The van der Waals surface area contributed by atoms with Crippen molar-refractivity contribution in [3.8, 4) is 17.6 Å². The Balaban J connectivity index is 2.28. The maximum absolute atomic E-state index is 5.13. The van der Waals surface area contributed by atoms with E-state index in [0.29, 0.717) is 5.71 Å². The van der Waals surface area contributed by atoms with Gasteiger partial charge in [-0.2, -0.15) is 0 Å². The number of hydrogen-bond acceptors (Lipinski definition) is 3. The Labute approximate surface area is 118 Å². The molecule has 0 aromatic heterocycles. The Kier molecular flexibility index (Phi) is 4.80. The van der Waals surface area contributed by atoms with Gasteiger partial charge < -0.3 is 9.57 Å². The van der Waals surface area contributed by atoms with E-state index in [1.165, 1.54) is 7.11 Å². The molecule has 2 aromatic rings. The van der Waals surface area contributed by atoms with Crippen molar-refractivity contribution >= 4 is 5.71 Å². The summed E-state index contributed by atoms with van der Waals surface area (Å²) in [5.74, 6) is 6.88. The molecule has 0 fully saturated rings. The van der Waals surface area contributed by atoms with Gasteiger partial charge in [-0.3, -0.25) is 0 Å². The molecule has 0 atom stereocenters. The van der Waals surface area contributed by atoms with E-state index in [4.69, 9.17) is 9.57 Å². The topological polar surface area (TPSA) is 30.8 Å². The highest BCUT2D eigenvalue weighted by atomic mass is 16.6. The first-order chi connectivity index (χ1) is 9.83. The lowest BCUT2D eigenvalue weighted by Gasteiger charge is -2.01. The number of benzene rings is 2. The van der Waals surface area contributed by atoms with Crippen LogP contribution in [0, 0.1) is 11.8 Å². The zero-order chi connectivity index (χ0) is 14.2. The summed E-state index contributed by atoms with van der Waals surface area (Å²) < 4.78 is 5.13. The first-order valence-electron chi connectivity index (χ1n) is 6.16. The second kappa shape index (κ2) is 7.01. The molecule has 0 spiro atoms. The van der Waals surface area contributed by atoms with Crippen LogP contribution in [0.15, 0.2) is 59.8 Å². The monoisotopic (exact) mass is 265 g/mol. The summed E-state index contributed by atoms with van der Waals surface area (Å²) in [7, 11) is 3.14. The van der Waals surface area contributed by atoms with Crippen molar-refractivity contribution in [2.45, 2.75) is 0 Å². The lowest BCUT2D eigenvalue weighted by molar-refractivity contribution is 0.214. The highest BCUT2D eigenvalue weighted by Gasteiger charge is 2.01. The summed E-state index contributed by atoms with van der Waals surface area (Å²) in [4.78, 5) is 4.86. The second-order valence-electron chi connectivity index (χ2n) is 3.97. The summed E-state index contributed by atoms with van der Waals surface area (Å²) in [6.45, 7) is 0. The van der Waals surface area contributed by atoms with E-state index in [-0.39, 0.29) is 0 Å². The molecule has 0 saturated heterocycles. The minimum atomic E-state index is 0.582. The zero-order valence-electron chi connectivity index (χ0n) is 11.5. The van der Waals surface area contributed by atoms with Gasteiger partial charge in [0.2, 0.25) is 0 Å². The molecule has 0 radical (unpaired) electrons. The smallest absolute Gasteiger partial charge is 0.160 e. The van der Waals surface area contributed by atoms with Gasteiger partial charge in [-0.25, -0.2) is 0 Å². The minimum absolute atomic E-state index is 0.582. The van der Waals surface area contributed by atoms with E-state index in [1.807, 2.05) is 54.6 Å². The lowest BCUT2D eigenvalue weighted by Crippen LogP contribution is -1.98. The van der Waals surface area contributed by atoms with Crippen LogP contribution >= 0.6 is 0 Å². The fraction of sp³-hybridized carbons (Fsp3) is 0.118. The summed E-state index contributed by atoms with van der Waals surface area (Å²) >= 11 is 0. The van der Waals surface area contributed by atoms with E-state index < -0.39 is 0 Å². The number of methoxy groups -OCH3 is 1. The fourth-order valence-corrected chi connectivity index (χ4v) is 1.64. The van der Waals surface area contributed by atoms with E-state index in [1.54, 1.807) is 7.11 Å². The van der Waals surface area contributed by atoms with Crippen molar-refractivity contribution in [2.75, 3.05) is 14.2 Å². The molecule has 20 heavy (non-hydrogen) atoms. The summed E-state index contributed by atoms with van der Waals surface area (Å²) in [6.07, 6.45) is 0. The quantitative estimate of drug-likeness (QED) is 0.485. The number of oxime groups is 1. The first kappa shape index (κ1) is 13.7. The Morgan fingerprint density at radius 2 is 1.65 bits per heavy atom. The van der Waals surface area contributed by atoms with Crippen molar-refractivity contribution < 1.29 is 9.57 Å². The molecule has 3 nitrogen and oxygen atoms in total. The van der Waals surface area contributed by atoms with Crippen LogP contribution in [0.2, 0.25) is 0 Å². The number of rotatable bonds is 3. The largest absolute Gasteiger partial charge is 0.497 e. The summed E-state index contributed by atoms with van der Waals surface area (Å²) in [6, 6.07) is 17.3. The molecule has 2 rings (SSSR count). The molecule has 0 heterocycles. The van der Waals surface area contributed by atoms with Crippen molar-refractivity contribution in [3.05, 3.63) is 65.7 Å². The van der Waals surface area contributed by atoms with Crippen molar-refractivity contribution in [1.82, 2.24) is 0 Å². The van der Waals surface area contributed by atoms with Crippen LogP contribution in [0.25, 0.3) is 0 Å². The fourth-order valence-electron chi connectivity index (χ4n) is 1.64. The predicted molar refractivity (Wildman–Crippen MR) is 79.9 cm³/mol. The van der Waals surface area contributed by atoms with Crippen LogP contribution < -0.4 is 4.74 Å². The molecule has 0 bridgehead atoms. The lowest BCUT2D eigenvalue weighted by atomic mass is 10.1.